The van der Waals surface area contributed by atoms with E-state index in [4.69, 9.17) is 15.0 Å². The number of rotatable bonds is 2. The molecule has 202 valence electrons. The normalized spacial score (nSPS) is 36.8. The largest absolute Gasteiger partial charge is 0.393 e. The van der Waals surface area contributed by atoms with Crippen LogP contribution in [-0.2, 0) is 9.47 Å². The highest BCUT2D eigenvalue weighted by molar-refractivity contribution is 5.44. The maximum atomic E-state index is 11.2. The van der Waals surface area contributed by atoms with Gasteiger partial charge in [0.1, 0.15) is 0 Å². The second-order valence-corrected chi connectivity index (χ2v) is 13.5. The van der Waals surface area contributed by atoms with Crippen molar-refractivity contribution in [3.8, 4) is 11.8 Å². The van der Waals surface area contributed by atoms with Crippen LogP contribution in [0.4, 0.5) is 0 Å². The summed E-state index contributed by atoms with van der Waals surface area (Å²) in [6.45, 7) is 8.52. The molecule has 1 aromatic carbocycles. The van der Waals surface area contributed by atoms with Crippen molar-refractivity contribution in [2.75, 3.05) is 19.8 Å². The molecule has 6 rings (SSSR count). The van der Waals surface area contributed by atoms with Crippen LogP contribution in [0.15, 0.2) is 40.5 Å². The lowest BCUT2D eigenvalue weighted by Crippen LogP contribution is -2.52. The highest BCUT2D eigenvalue weighted by Gasteiger charge is 2.57. The summed E-state index contributed by atoms with van der Waals surface area (Å²) in [7, 11) is 0. The van der Waals surface area contributed by atoms with Crippen LogP contribution in [0.3, 0.4) is 0 Å². The molecule has 4 fully saturated rings. The highest BCUT2D eigenvalue weighted by atomic mass is 16.7. The molecule has 1 aromatic rings. The van der Waals surface area contributed by atoms with Gasteiger partial charge in [-0.2, -0.15) is 0 Å². The number of azide groups is 1. The molecular weight excluding hydrogens is 474 g/mol. The van der Waals surface area contributed by atoms with Gasteiger partial charge in [0.15, 0.2) is 5.79 Å². The van der Waals surface area contributed by atoms with Crippen LogP contribution in [0.2, 0.25) is 0 Å². The molecule has 1 heterocycles. The molecule has 1 aliphatic heterocycles. The Morgan fingerprint density at radius 2 is 1.82 bits per heavy atom. The second-order valence-electron chi connectivity index (χ2n) is 13.5. The fourth-order valence-electron chi connectivity index (χ4n) is 8.51. The van der Waals surface area contributed by atoms with Crippen molar-refractivity contribution in [3.63, 3.8) is 0 Å². The van der Waals surface area contributed by atoms with E-state index in [2.05, 4.69) is 66.9 Å². The second kappa shape index (κ2) is 9.72. The van der Waals surface area contributed by atoms with E-state index in [1.807, 2.05) is 0 Å². The summed E-state index contributed by atoms with van der Waals surface area (Å²) in [4.78, 5) is 2.77. The SMILES string of the molecule is CC1(C)COC2(CCC3=C4C(CCC3C2)C2CCC(O)C2(C)C[C@@H]4c2ccc(C#CCN=[N+]=[N-])cc2)OC1. The highest BCUT2D eigenvalue weighted by Crippen LogP contribution is 2.64. The average molecular weight is 516 g/mol. The number of hydrogen-bond donors (Lipinski definition) is 1. The predicted octanol–water partition coefficient (Wildman–Crippen LogP) is 6.89. The summed E-state index contributed by atoms with van der Waals surface area (Å²) in [5, 5.41) is 14.7. The van der Waals surface area contributed by atoms with E-state index in [-0.39, 0.29) is 23.5 Å². The van der Waals surface area contributed by atoms with Crippen LogP contribution in [0.25, 0.3) is 10.4 Å². The van der Waals surface area contributed by atoms with Crippen molar-refractivity contribution in [1.29, 1.82) is 0 Å². The molecule has 1 N–H and O–H groups in total. The van der Waals surface area contributed by atoms with E-state index in [0.29, 0.717) is 23.7 Å². The molecule has 1 saturated heterocycles. The van der Waals surface area contributed by atoms with Crippen molar-refractivity contribution in [2.45, 2.75) is 89.9 Å². The zero-order chi connectivity index (χ0) is 26.5. The standard InChI is InChI=1S/C32H41N3O3/c1-30(2)19-37-32(38-20-30)15-14-24-23(17-32)10-11-25-27-12-13-28(36)31(27,3)18-26(29(24)25)22-8-6-21(7-9-22)5-4-16-34-35-33/h6-9,23,25-28,36H,10-20H2,1-3H3/t23?,25?,26-,27?,28?,31?/m1/s1. The monoisotopic (exact) mass is 515 g/mol. The summed E-state index contributed by atoms with van der Waals surface area (Å²) < 4.78 is 12.9. The van der Waals surface area contributed by atoms with Crippen LogP contribution in [0.5, 0.6) is 0 Å². The Labute approximate surface area is 226 Å². The van der Waals surface area contributed by atoms with Gasteiger partial charge in [0.25, 0.3) is 0 Å². The molecule has 0 aromatic heterocycles. The van der Waals surface area contributed by atoms with Crippen molar-refractivity contribution >= 4 is 0 Å². The fourth-order valence-corrected chi connectivity index (χ4v) is 8.51. The predicted molar refractivity (Wildman–Crippen MR) is 147 cm³/mol. The molecule has 6 nitrogen and oxygen atoms in total. The van der Waals surface area contributed by atoms with Crippen LogP contribution < -0.4 is 0 Å². The number of fused-ring (bicyclic) bond motifs is 4. The number of ether oxygens (including phenoxy) is 2. The Morgan fingerprint density at radius 1 is 1.05 bits per heavy atom. The van der Waals surface area contributed by atoms with Crippen LogP contribution in [0, 0.1) is 40.4 Å². The van der Waals surface area contributed by atoms with Gasteiger partial charge in [-0.3, -0.25) is 0 Å². The molecule has 6 atom stereocenters. The Kier molecular flexibility index (Phi) is 6.64. The molecule has 4 aliphatic carbocycles. The molecular formula is C32H41N3O3. The number of aliphatic hydroxyl groups excluding tert-OH is 1. The van der Waals surface area contributed by atoms with Crippen molar-refractivity contribution in [1.82, 2.24) is 0 Å². The molecule has 6 heteroatoms. The number of nitrogens with zero attached hydrogens (tertiary/aromatic N) is 3. The van der Waals surface area contributed by atoms with E-state index < -0.39 is 5.79 Å². The summed E-state index contributed by atoms with van der Waals surface area (Å²) in [5.74, 6) is 7.61. The summed E-state index contributed by atoms with van der Waals surface area (Å²) >= 11 is 0. The van der Waals surface area contributed by atoms with Gasteiger partial charge >= 0.3 is 0 Å². The van der Waals surface area contributed by atoms with E-state index in [0.717, 1.165) is 57.3 Å². The van der Waals surface area contributed by atoms with Crippen molar-refractivity contribution in [2.24, 2.45) is 33.7 Å². The Morgan fingerprint density at radius 3 is 2.55 bits per heavy atom. The third-order valence-corrected chi connectivity index (χ3v) is 10.5. The van der Waals surface area contributed by atoms with Crippen molar-refractivity contribution in [3.05, 3.63) is 57.0 Å². The van der Waals surface area contributed by atoms with Crippen molar-refractivity contribution < 1.29 is 14.6 Å². The van der Waals surface area contributed by atoms with E-state index >= 15 is 0 Å². The molecule has 0 amide bonds. The summed E-state index contributed by atoms with van der Waals surface area (Å²) in [5.41, 5.74) is 14.2. The van der Waals surface area contributed by atoms with Crippen LogP contribution in [0.1, 0.15) is 89.2 Å². The Hall–Kier alpha value is -2.29. The zero-order valence-corrected chi connectivity index (χ0v) is 23.1. The first-order chi connectivity index (χ1) is 18.2. The molecule has 0 bridgehead atoms. The van der Waals surface area contributed by atoms with Gasteiger partial charge in [-0.05, 0) is 84.9 Å². The lowest BCUT2D eigenvalue weighted by molar-refractivity contribution is -0.312. The van der Waals surface area contributed by atoms with Gasteiger partial charge in [0.05, 0.1) is 25.9 Å². The van der Waals surface area contributed by atoms with Gasteiger partial charge in [-0.15, -0.1) is 0 Å². The van der Waals surface area contributed by atoms with Crippen LogP contribution >= 0.6 is 0 Å². The van der Waals surface area contributed by atoms with Crippen LogP contribution in [-0.4, -0.2) is 36.8 Å². The third-order valence-electron chi connectivity index (χ3n) is 10.5. The average Bonchev–Trinajstić information content (AvgIpc) is 3.22. The summed E-state index contributed by atoms with van der Waals surface area (Å²) in [6.07, 6.45) is 8.25. The Balaban J connectivity index is 1.33. The van der Waals surface area contributed by atoms with Gasteiger partial charge in [0, 0.05) is 34.6 Å². The van der Waals surface area contributed by atoms with Gasteiger partial charge in [-0.25, -0.2) is 0 Å². The third kappa shape index (κ3) is 4.48. The molecule has 5 unspecified atom stereocenters. The first-order valence-corrected chi connectivity index (χ1v) is 14.5. The van der Waals surface area contributed by atoms with E-state index in [1.165, 1.54) is 18.4 Å². The van der Waals surface area contributed by atoms with Gasteiger partial charge in [0.2, 0.25) is 0 Å². The molecule has 38 heavy (non-hydrogen) atoms. The molecule has 0 radical (unpaired) electrons. The topological polar surface area (TPSA) is 87.5 Å². The lowest BCUT2D eigenvalue weighted by atomic mass is 9.52. The first kappa shape index (κ1) is 26.0. The fraction of sp³-hybridized carbons (Fsp3) is 0.688. The first-order valence-electron chi connectivity index (χ1n) is 14.5. The van der Waals surface area contributed by atoms with Gasteiger partial charge < -0.3 is 14.6 Å². The molecule has 1 spiro atoms. The maximum absolute atomic E-state index is 11.2. The Bertz CT molecular complexity index is 1210. The number of allylic oxidation sites excluding steroid dienone is 2. The minimum Gasteiger partial charge on any atom is -0.393 e. The number of benzene rings is 1. The molecule has 5 aliphatic rings. The van der Waals surface area contributed by atoms with E-state index in [9.17, 15) is 5.11 Å². The number of aliphatic hydroxyl groups is 1. The summed E-state index contributed by atoms with van der Waals surface area (Å²) in [6, 6.07) is 8.67. The lowest BCUT2D eigenvalue weighted by Gasteiger charge is -2.55. The quantitative estimate of drug-likeness (QED) is 0.153. The maximum Gasteiger partial charge on any atom is 0.169 e. The smallest absolute Gasteiger partial charge is 0.169 e. The van der Waals surface area contributed by atoms with Gasteiger partial charge in [-0.1, -0.05) is 61.0 Å². The molecule has 3 saturated carbocycles. The minimum atomic E-state index is -0.408. The number of hydrogen-bond acceptors (Lipinski definition) is 4. The zero-order valence-electron chi connectivity index (χ0n) is 23.1. The van der Waals surface area contributed by atoms with E-state index in [1.54, 1.807) is 11.1 Å². The minimum absolute atomic E-state index is 0.0307.